The van der Waals surface area contributed by atoms with E-state index in [1.54, 1.807) is 0 Å². The lowest BCUT2D eigenvalue weighted by molar-refractivity contribution is -0.137. The lowest BCUT2D eigenvalue weighted by atomic mass is 9.97. The molecular weight excluding hydrogens is 312 g/mol. The van der Waals surface area contributed by atoms with Crippen molar-refractivity contribution in [3.63, 3.8) is 0 Å². The Hall–Kier alpha value is -2.10. The molecule has 1 amide bonds. The van der Waals surface area contributed by atoms with Crippen molar-refractivity contribution in [1.29, 1.82) is 0 Å². The molecule has 25 heavy (non-hydrogen) atoms. The number of aromatic nitrogens is 1. The normalized spacial score (nSPS) is 23.8. The van der Waals surface area contributed by atoms with E-state index in [2.05, 4.69) is 13.8 Å². The third-order valence-corrected chi connectivity index (χ3v) is 5.79. The molecule has 2 atom stereocenters. The third-order valence-electron chi connectivity index (χ3n) is 5.79. The first kappa shape index (κ1) is 16.4. The molecule has 4 rings (SSSR count). The second-order valence-electron chi connectivity index (χ2n) is 7.76. The maximum atomic E-state index is 13.0. The van der Waals surface area contributed by atoms with E-state index in [1.165, 1.54) is 6.42 Å². The van der Waals surface area contributed by atoms with Gasteiger partial charge in [0.15, 0.2) is 5.78 Å². The van der Waals surface area contributed by atoms with Crippen LogP contribution in [0.5, 0.6) is 0 Å². The molecule has 1 aliphatic heterocycles. The Labute approximate surface area is 148 Å². The number of carbonyl (C=O) groups excluding carboxylic acids is 2. The van der Waals surface area contributed by atoms with Gasteiger partial charge in [0.1, 0.15) is 6.54 Å². The number of ketones is 1. The minimum Gasteiger partial charge on any atom is -0.337 e. The van der Waals surface area contributed by atoms with E-state index in [0.29, 0.717) is 18.6 Å². The van der Waals surface area contributed by atoms with Crippen molar-refractivity contribution in [2.24, 2.45) is 5.92 Å². The second-order valence-corrected chi connectivity index (χ2v) is 7.76. The summed E-state index contributed by atoms with van der Waals surface area (Å²) in [5.41, 5.74) is 1.77. The van der Waals surface area contributed by atoms with Crippen LogP contribution in [-0.2, 0) is 11.3 Å². The number of carbonyl (C=O) groups is 2. The Bertz CT molecular complexity index is 808. The summed E-state index contributed by atoms with van der Waals surface area (Å²) in [6.07, 6.45) is 7.25. The molecule has 4 nitrogen and oxygen atoms in total. The lowest BCUT2D eigenvalue weighted by Gasteiger charge is -2.39. The van der Waals surface area contributed by atoms with Gasteiger partial charge in [0.05, 0.1) is 0 Å². The molecule has 2 aliphatic rings. The lowest BCUT2D eigenvalue weighted by Crippen LogP contribution is -2.48. The zero-order valence-corrected chi connectivity index (χ0v) is 15.1. The summed E-state index contributed by atoms with van der Waals surface area (Å²) in [6.45, 7) is 4.60. The van der Waals surface area contributed by atoms with Crippen molar-refractivity contribution < 1.29 is 9.59 Å². The third kappa shape index (κ3) is 2.99. The Morgan fingerprint density at radius 3 is 2.40 bits per heavy atom. The molecule has 1 saturated carbocycles. The molecule has 1 aromatic carbocycles. The van der Waals surface area contributed by atoms with Crippen LogP contribution in [-0.4, -0.2) is 33.2 Å². The van der Waals surface area contributed by atoms with Crippen molar-refractivity contribution in [2.45, 2.75) is 64.6 Å². The fourth-order valence-corrected chi connectivity index (χ4v) is 4.28. The number of rotatable bonds is 4. The number of fused-ring (bicyclic) bond motifs is 1. The summed E-state index contributed by atoms with van der Waals surface area (Å²) in [4.78, 5) is 27.6. The molecule has 2 heterocycles. The molecule has 1 aromatic heterocycles. The summed E-state index contributed by atoms with van der Waals surface area (Å²) < 4.78 is 1.97. The van der Waals surface area contributed by atoms with Gasteiger partial charge < -0.3 is 9.47 Å². The molecule has 0 unspecified atom stereocenters. The van der Waals surface area contributed by atoms with E-state index in [1.807, 2.05) is 39.9 Å². The minimum atomic E-state index is 0.158. The maximum absolute atomic E-state index is 13.0. The molecule has 4 heteroatoms. The zero-order valence-electron chi connectivity index (χ0n) is 15.1. The van der Waals surface area contributed by atoms with Crippen LogP contribution in [0.1, 0.15) is 56.3 Å². The molecular formula is C21H26N2O2. The van der Waals surface area contributed by atoms with E-state index in [4.69, 9.17) is 0 Å². The van der Waals surface area contributed by atoms with E-state index in [-0.39, 0.29) is 17.6 Å². The first-order valence-corrected chi connectivity index (χ1v) is 9.49. The van der Waals surface area contributed by atoms with Gasteiger partial charge in [-0.05, 0) is 52.0 Å². The van der Waals surface area contributed by atoms with E-state index in [0.717, 1.165) is 42.1 Å². The highest BCUT2D eigenvalue weighted by Crippen LogP contribution is 2.35. The SMILES string of the molecule is C[C@H]1CCC[C@H](C)N1C(=O)Cn1cc(C(=O)C2CC2)c2ccccc21. The van der Waals surface area contributed by atoms with E-state index in [9.17, 15) is 9.59 Å². The van der Waals surface area contributed by atoms with E-state index < -0.39 is 0 Å². The van der Waals surface area contributed by atoms with Crippen LogP contribution in [0.25, 0.3) is 10.9 Å². The van der Waals surface area contributed by atoms with Crippen molar-refractivity contribution >= 4 is 22.6 Å². The Morgan fingerprint density at radius 1 is 1.04 bits per heavy atom. The van der Waals surface area contributed by atoms with Crippen LogP contribution in [0, 0.1) is 5.92 Å². The fourth-order valence-electron chi connectivity index (χ4n) is 4.28. The monoisotopic (exact) mass is 338 g/mol. The number of piperidine rings is 1. The average molecular weight is 338 g/mol. The van der Waals surface area contributed by atoms with Crippen molar-refractivity contribution in [2.75, 3.05) is 0 Å². The number of benzene rings is 1. The number of likely N-dealkylation sites (tertiary alicyclic amines) is 1. The molecule has 0 spiro atoms. The van der Waals surface area contributed by atoms with Crippen LogP contribution in [0.3, 0.4) is 0 Å². The highest BCUT2D eigenvalue weighted by molar-refractivity contribution is 6.10. The predicted octanol–water partition coefficient (Wildman–Crippen LogP) is 4.02. The maximum Gasteiger partial charge on any atom is 0.242 e. The smallest absolute Gasteiger partial charge is 0.242 e. The number of para-hydroxylation sites is 1. The predicted molar refractivity (Wildman–Crippen MR) is 98.6 cm³/mol. The number of nitrogens with zero attached hydrogens (tertiary/aromatic N) is 2. The van der Waals surface area contributed by atoms with Gasteiger partial charge in [-0.1, -0.05) is 18.2 Å². The first-order valence-electron chi connectivity index (χ1n) is 9.49. The van der Waals surface area contributed by atoms with Gasteiger partial charge in [0.25, 0.3) is 0 Å². The zero-order chi connectivity index (χ0) is 17.6. The Kier molecular flexibility index (Phi) is 4.14. The molecule has 1 aliphatic carbocycles. The van der Waals surface area contributed by atoms with Crippen LogP contribution < -0.4 is 0 Å². The molecule has 0 bridgehead atoms. The summed E-state index contributed by atoms with van der Waals surface area (Å²) >= 11 is 0. The Morgan fingerprint density at radius 2 is 1.72 bits per heavy atom. The average Bonchev–Trinajstić information content (AvgIpc) is 3.38. The number of hydrogen-bond donors (Lipinski definition) is 0. The van der Waals surface area contributed by atoms with Gasteiger partial charge in [-0.3, -0.25) is 9.59 Å². The summed E-state index contributed by atoms with van der Waals surface area (Å²) in [7, 11) is 0. The number of Topliss-reactive ketones (excluding diaryl/α,β-unsaturated/α-hetero) is 1. The van der Waals surface area contributed by atoms with Gasteiger partial charge in [0, 0.05) is 40.7 Å². The highest BCUT2D eigenvalue weighted by atomic mass is 16.2. The fraction of sp³-hybridized carbons (Fsp3) is 0.524. The summed E-state index contributed by atoms with van der Waals surface area (Å²) in [6, 6.07) is 8.54. The molecule has 1 saturated heterocycles. The molecule has 0 N–H and O–H groups in total. The number of amides is 1. The van der Waals surface area contributed by atoms with Crippen LogP contribution >= 0.6 is 0 Å². The first-order chi connectivity index (χ1) is 12.1. The van der Waals surface area contributed by atoms with Gasteiger partial charge in [-0.25, -0.2) is 0 Å². The van der Waals surface area contributed by atoms with E-state index >= 15 is 0 Å². The summed E-state index contributed by atoms with van der Waals surface area (Å²) in [5, 5.41) is 0.979. The molecule has 132 valence electrons. The van der Waals surface area contributed by atoms with Gasteiger partial charge in [-0.2, -0.15) is 0 Å². The minimum absolute atomic E-state index is 0.158. The molecule has 2 aromatic rings. The molecule has 0 radical (unpaired) electrons. The highest BCUT2D eigenvalue weighted by Gasteiger charge is 2.33. The van der Waals surface area contributed by atoms with Gasteiger partial charge >= 0.3 is 0 Å². The quantitative estimate of drug-likeness (QED) is 0.790. The van der Waals surface area contributed by atoms with Gasteiger partial charge in [-0.15, -0.1) is 0 Å². The summed E-state index contributed by atoms with van der Waals surface area (Å²) in [5.74, 6) is 0.588. The van der Waals surface area contributed by atoms with Crippen LogP contribution in [0.15, 0.2) is 30.5 Å². The second kappa shape index (κ2) is 6.32. The largest absolute Gasteiger partial charge is 0.337 e. The van der Waals surface area contributed by atoms with Crippen molar-refractivity contribution in [1.82, 2.24) is 9.47 Å². The van der Waals surface area contributed by atoms with Crippen molar-refractivity contribution in [3.8, 4) is 0 Å². The Balaban J connectivity index is 1.65. The standard InChI is InChI=1S/C21H26N2O2/c1-14-6-5-7-15(2)23(14)20(24)13-22-12-18(21(25)16-10-11-16)17-8-3-4-9-19(17)22/h3-4,8-9,12,14-16H,5-7,10-11,13H2,1-2H3/t14-,15-/m0/s1. The van der Waals surface area contributed by atoms with Crippen molar-refractivity contribution in [3.05, 3.63) is 36.0 Å². The van der Waals surface area contributed by atoms with Crippen LogP contribution in [0.2, 0.25) is 0 Å². The van der Waals surface area contributed by atoms with Gasteiger partial charge in [0.2, 0.25) is 5.91 Å². The topological polar surface area (TPSA) is 42.3 Å². The molecule has 2 fully saturated rings. The number of hydrogen-bond acceptors (Lipinski definition) is 2. The van der Waals surface area contributed by atoms with Crippen LogP contribution in [0.4, 0.5) is 0 Å².